The molecule has 2 amide bonds. The van der Waals surface area contributed by atoms with Gasteiger partial charge in [-0.2, -0.15) is 0 Å². The maximum absolute atomic E-state index is 11.5. The molecule has 0 atom stereocenters. The predicted octanol–water partition coefficient (Wildman–Crippen LogP) is -0.347. The summed E-state index contributed by atoms with van der Waals surface area (Å²) in [7, 11) is 0. The zero-order valence-electron chi connectivity index (χ0n) is 8.86. The van der Waals surface area contributed by atoms with E-state index in [0.29, 0.717) is 6.54 Å². The maximum Gasteiger partial charge on any atom is 0.273 e. The largest absolute Gasteiger partial charge is 0.505 e. The molecule has 0 saturated heterocycles. The van der Waals surface area contributed by atoms with Crippen molar-refractivity contribution < 1.29 is 14.7 Å². The molecule has 16 heavy (non-hydrogen) atoms. The van der Waals surface area contributed by atoms with Gasteiger partial charge in [-0.15, -0.1) is 0 Å². The van der Waals surface area contributed by atoms with Gasteiger partial charge in [-0.1, -0.05) is 0 Å². The number of hydrogen-bond donors (Lipinski definition) is 3. The minimum absolute atomic E-state index is 0.0228. The Labute approximate surface area is 92.7 Å². The monoisotopic (exact) mass is 223 g/mol. The van der Waals surface area contributed by atoms with E-state index in [0.717, 1.165) is 0 Å². The zero-order valence-corrected chi connectivity index (χ0v) is 8.86. The second-order valence-electron chi connectivity index (χ2n) is 3.11. The summed E-state index contributed by atoms with van der Waals surface area (Å²) in [6, 6.07) is 2.92. The number of carbonyl (C=O) groups is 2. The van der Waals surface area contributed by atoms with Crippen LogP contribution in [0.1, 0.15) is 17.4 Å². The Morgan fingerprint density at radius 1 is 1.38 bits per heavy atom. The van der Waals surface area contributed by atoms with Gasteiger partial charge in [0.1, 0.15) is 5.75 Å². The van der Waals surface area contributed by atoms with Crippen molar-refractivity contribution in [2.24, 2.45) is 0 Å². The molecule has 86 valence electrons. The highest BCUT2D eigenvalue weighted by atomic mass is 16.3. The third kappa shape index (κ3) is 3.56. The molecule has 1 heterocycles. The number of carbonyl (C=O) groups excluding carboxylic acids is 2. The normalized spacial score (nSPS) is 9.56. The van der Waals surface area contributed by atoms with E-state index in [1.54, 1.807) is 0 Å². The van der Waals surface area contributed by atoms with Crippen LogP contribution >= 0.6 is 0 Å². The summed E-state index contributed by atoms with van der Waals surface area (Å²) in [6.45, 7) is 2.02. The van der Waals surface area contributed by atoms with E-state index in [4.69, 9.17) is 0 Å². The zero-order chi connectivity index (χ0) is 12.0. The summed E-state index contributed by atoms with van der Waals surface area (Å²) in [5, 5.41) is 14.4. The van der Waals surface area contributed by atoms with Crippen LogP contribution < -0.4 is 10.6 Å². The first-order valence-corrected chi connectivity index (χ1v) is 4.78. The molecule has 1 aromatic rings. The molecule has 0 radical (unpaired) electrons. The Morgan fingerprint density at radius 3 is 2.69 bits per heavy atom. The number of amides is 2. The molecule has 1 aromatic heterocycles. The van der Waals surface area contributed by atoms with Gasteiger partial charge >= 0.3 is 0 Å². The van der Waals surface area contributed by atoms with Gasteiger partial charge in [-0.25, -0.2) is 4.98 Å². The van der Waals surface area contributed by atoms with Crippen molar-refractivity contribution >= 4 is 11.8 Å². The summed E-state index contributed by atoms with van der Waals surface area (Å²) in [4.78, 5) is 25.7. The summed E-state index contributed by atoms with van der Waals surface area (Å²) >= 11 is 0. The fourth-order valence-electron chi connectivity index (χ4n) is 1.07. The average molecular weight is 223 g/mol. The summed E-state index contributed by atoms with van der Waals surface area (Å²) in [5.41, 5.74) is -0.0228. The Bertz CT molecular complexity index is 393. The van der Waals surface area contributed by atoms with Crippen LogP contribution in [-0.4, -0.2) is 35.0 Å². The molecule has 0 unspecified atom stereocenters. The van der Waals surface area contributed by atoms with Crippen molar-refractivity contribution in [3.05, 3.63) is 24.0 Å². The predicted molar refractivity (Wildman–Crippen MR) is 56.9 cm³/mol. The molecule has 0 aliphatic rings. The summed E-state index contributed by atoms with van der Waals surface area (Å²) < 4.78 is 0. The van der Waals surface area contributed by atoms with Gasteiger partial charge in [-0.05, 0) is 12.1 Å². The fraction of sp³-hybridized carbons (Fsp3) is 0.300. The highest BCUT2D eigenvalue weighted by molar-refractivity contribution is 5.94. The van der Waals surface area contributed by atoms with Crippen molar-refractivity contribution in [3.8, 4) is 5.75 Å². The Balaban J connectivity index is 2.41. The molecule has 0 aliphatic carbocycles. The summed E-state index contributed by atoms with van der Waals surface area (Å²) in [5.74, 6) is -0.794. The van der Waals surface area contributed by atoms with Gasteiger partial charge in [0.15, 0.2) is 5.69 Å². The smallest absolute Gasteiger partial charge is 0.273 e. The Hall–Kier alpha value is -2.11. The van der Waals surface area contributed by atoms with Gasteiger partial charge in [0.05, 0.1) is 0 Å². The van der Waals surface area contributed by atoms with Crippen LogP contribution in [0, 0.1) is 0 Å². The van der Waals surface area contributed by atoms with E-state index >= 15 is 0 Å². The van der Waals surface area contributed by atoms with Crippen LogP contribution in [0.4, 0.5) is 0 Å². The average Bonchev–Trinajstić information content (AvgIpc) is 2.24. The quantitative estimate of drug-likeness (QED) is 0.608. The van der Waals surface area contributed by atoms with Crippen LogP contribution in [0.3, 0.4) is 0 Å². The minimum atomic E-state index is -0.469. The molecular weight excluding hydrogens is 210 g/mol. The molecule has 0 bridgehead atoms. The minimum Gasteiger partial charge on any atom is -0.505 e. The van der Waals surface area contributed by atoms with Gasteiger partial charge in [0.25, 0.3) is 5.91 Å². The van der Waals surface area contributed by atoms with Crippen molar-refractivity contribution in [1.29, 1.82) is 0 Å². The van der Waals surface area contributed by atoms with Gasteiger partial charge in [0.2, 0.25) is 5.91 Å². The number of aromatic hydroxyl groups is 1. The van der Waals surface area contributed by atoms with E-state index in [2.05, 4.69) is 15.6 Å². The number of nitrogens with zero attached hydrogens (tertiary/aromatic N) is 1. The first kappa shape index (κ1) is 12.0. The van der Waals surface area contributed by atoms with Gasteiger partial charge < -0.3 is 15.7 Å². The lowest BCUT2D eigenvalue weighted by Gasteiger charge is -2.05. The molecule has 0 aliphatic heterocycles. The SMILES string of the molecule is CC(=O)NCCNC(=O)c1ncccc1O. The number of aromatic nitrogens is 1. The van der Waals surface area contributed by atoms with Crippen LogP contribution in [-0.2, 0) is 4.79 Å². The number of rotatable bonds is 4. The highest BCUT2D eigenvalue weighted by Gasteiger charge is 2.10. The van der Waals surface area contributed by atoms with E-state index in [1.807, 2.05) is 0 Å². The lowest BCUT2D eigenvalue weighted by molar-refractivity contribution is -0.118. The highest BCUT2D eigenvalue weighted by Crippen LogP contribution is 2.11. The third-order valence-corrected chi connectivity index (χ3v) is 1.79. The van der Waals surface area contributed by atoms with Crippen molar-refractivity contribution in [2.75, 3.05) is 13.1 Å². The first-order valence-electron chi connectivity index (χ1n) is 4.78. The second-order valence-corrected chi connectivity index (χ2v) is 3.11. The molecule has 1 rings (SSSR count). The Morgan fingerprint density at radius 2 is 2.06 bits per heavy atom. The lowest BCUT2D eigenvalue weighted by Crippen LogP contribution is -2.34. The molecular formula is C10H13N3O3. The van der Waals surface area contributed by atoms with Crippen LogP contribution in [0.25, 0.3) is 0 Å². The third-order valence-electron chi connectivity index (χ3n) is 1.79. The summed E-state index contributed by atoms with van der Waals surface area (Å²) in [6.07, 6.45) is 1.42. The standard InChI is InChI=1S/C10H13N3O3/c1-7(14)11-5-6-13-10(16)9-8(15)3-2-4-12-9/h2-4,15H,5-6H2,1H3,(H,11,14)(H,13,16). The topological polar surface area (TPSA) is 91.3 Å². The van der Waals surface area contributed by atoms with E-state index in [9.17, 15) is 14.7 Å². The second kappa shape index (κ2) is 5.69. The number of pyridine rings is 1. The molecule has 3 N–H and O–H groups in total. The molecule has 0 fully saturated rings. The lowest BCUT2D eigenvalue weighted by atomic mass is 10.3. The molecule has 0 saturated carbocycles. The maximum atomic E-state index is 11.5. The molecule has 6 heteroatoms. The van der Waals surface area contributed by atoms with E-state index < -0.39 is 5.91 Å². The van der Waals surface area contributed by atoms with Crippen LogP contribution in [0.15, 0.2) is 18.3 Å². The van der Waals surface area contributed by atoms with E-state index in [-0.39, 0.29) is 23.9 Å². The van der Waals surface area contributed by atoms with Crippen molar-refractivity contribution in [1.82, 2.24) is 15.6 Å². The van der Waals surface area contributed by atoms with Gasteiger partial charge in [0, 0.05) is 26.2 Å². The number of nitrogens with one attached hydrogen (secondary N) is 2. The molecule has 6 nitrogen and oxygen atoms in total. The van der Waals surface area contributed by atoms with Crippen LogP contribution in [0.5, 0.6) is 5.75 Å². The number of hydrogen-bond acceptors (Lipinski definition) is 4. The Kier molecular flexibility index (Phi) is 4.26. The molecule has 0 aromatic carbocycles. The van der Waals surface area contributed by atoms with Crippen molar-refractivity contribution in [3.63, 3.8) is 0 Å². The van der Waals surface area contributed by atoms with Crippen LogP contribution in [0.2, 0.25) is 0 Å². The molecule has 0 spiro atoms. The van der Waals surface area contributed by atoms with E-state index in [1.165, 1.54) is 25.3 Å². The fourth-order valence-corrected chi connectivity index (χ4v) is 1.07. The first-order chi connectivity index (χ1) is 7.61. The van der Waals surface area contributed by atoms with Gasteiger partial charge in [-0.3, -0.25) is 9.59 Å². The van der Waals surface area contributed by atoms with Crippen molar-refractivity contribution in [2.45, 2.75) is 6.92 Å².